The van der Waals surface area contributed by atoms with Gasteiger partial charge in [-0.2, -0.15) is 0 Å². The number of para-hydroxylation sites is 1. The van der Waals surface area contributed by atoms with Crippen LogP contribution in [0.4, 0.5) is 5.69 Å². The minimum atomic E-state index is 0.416. The Hall–Kier alpha value is -1.06. The van der Waals surface area contributed by atoms with E-state index in [9.17, 15) is 0 Å². The minimum absolute atomic E-state index is 0.416. The van der Waals surface area contributed by atoms with Crippen molar-refractivity contribution in [2.75, 3.05) is 37.7 Å². The van der Waals surface area contributed by atoms with Crippen LogP contribution in [-0.4, -0.2) is 32.8 Å². The van der Waals surface area contributed by atoms with Crippen molar-refractivity contribution in [3.05, 3.63) is 29.8 Å². The lowest BCUT2D eigenvalue weighted by Crippen LogP contribution is -2.37. The summed E-state index contributed by atoms with van der Waals surface area (Å²) < 4.78 is 5.38. The topological polar surface area (TPSA) is 38.5 Å². The molecule has 0 spiro atoms. The van der Waals surface area contributed by atoms with E-state index < -0.39 is 0 Å². The number of ether oxygens (including phenoxy) is 1. The lowest BCUT2D eigenvalue weighted by Gasteiger charge is -2.31. The monoisotopic (exact) mass is 220 g/mol. The van der Waals surface area contributed by atoms with Crippen molar-refractivity contribution in [1.29, 1.82) is 0 Å². The number of rotatable bonds is 3. The second kappa shape index (κ2) is 5.32. The first-order chi connectivity index (χ1) is 7.83. The molecular weight excluding hydrogens is 200 g/mol. The van der Waals surface area contributed by atoms with Gasteiger partial charge in [0.25, 0.3) is 0 Å². The highest BCUT2D eigenvalue weighted by atomic mass is 16.5. The van der Waals surface area contributed by atoms with Gasteiger partial charge in [-0.15, -0.1) is 0 Å². The summed E-state index contributed by atoms with van der Waals surface area (Å²) in [5, 5.41) is 0. The van der Waals surface area contributed by atoms with E-state index in [2.05, 4.69) is 36.1 Å². The van der Waals surface area contributed by atoms with Crippen molar-refractivity contribution >= 4 is 5.69 Å². The van der Waals surface area contributed by atoms with Crippen LogP contribution in [0.25, 0.3) is 0 Å². The molecule has 2 N–H and O–H groups in total. The predicted molar refractivity (Wildman–Crippen MR) is 66.9 cm³/mol. The van der Waals surface area contributed by atoms with Crippen molar-refractivity contribution in [3.63, 3.8) is 0 Å². The van der Waals surface area contributed by atoms with Crippen LogP contribution >= 0.6 is 0 Å². The largest absolute Gasteiger partial charge is 0.378 e. The van der Waals surface area contributed by atoms with E-state index in [-0.39, 0.29) is 0 Å². The Balaban J connectivity index is 2.24. The van der Waals surface area contributed by atoms with Crippen molar-refractivity contribution in [2.24, 2.45) is 5.73 Å². The van der Waals surface area contributed by atoms with Crippen LogP contribution in [0, 0.1) is 0 Å². The van der Waals surface area contributed by atoms with Crippen LogP contribution in [0.2, 0.25) is 0 Å². The molecule has 3 heteroatoms. The van der Waals surface area contributed by atoms with Gasteiger partial charge in [0.1, 0.15) is 0 Å². The summed E-state index contributed by atoms with van der Waals surface area (Å²) in [7, 11) is 0. The average Bonchev–Trinajstić information content (AvgIpc) is 2.39. The van der Waals surface area contributed by atoms with Gasteiger partial charge in [-0.3, -0.25) is 0 Å². The number of hydrogen-bond donors (Lipinski definition) is 1. The summed E-state index contributed by atoms with van der Waals surface area (Å²) in [5.41, 5.74) is 8.44. The molecule has 0 radical (unpaired) electrons. The Morgan fingerprint density at radius 2 is 2.00 bits per heavy atom. The van der Waals surface area contributed by atoms with Gasteiger partial charge in [0.2, 0.25) is 0 Å². The number of morpholine rings is 1. The summed E-state index contributed by atoms with van der Waals surface area (Å²) in [6, 6.07) is 8.55. The molecular formula is C13H20N2O. The first kappa shape index (κ1) is 11.4. The zero-order valence-electron chi connectivity index (χ0n) is 9.86. The van der Waals surface area contributed by atoms with Gasteiger partial charge in [-0.05, 0) is 24.1 Å². The smallest absolute Gasteiger partial charge is 0.0642 e. The van der Waals surface area contributed by atoms with E-state index in [0.29, 0.717) is 12.5 Å². The van der Waals surface area contributed by atoms with Crippen molar-refractivity contribution in [2.45, 2.75) is 12.8 Å². The molecule has 0 amide bonds. The second-order valence-electron chi connectivity index (χ2n) is 4.29. The van der Waals surface area contributed by atoms with Gasteiger partial charge in [0, 0.05) is 18.8 Å². The standard InChI is InChI=1S/C13H20N2O/c1-11(10-14)12-4-2-3-5-13(12)15-6-8-16-9-7-15/h2-5,11H,6-10,14H2,1H3. The molecule has 0 aromatic heterocycles. The predicted octanol–water partition coefficient (Wildman–Crippen LogP) is 1.59. The van der Waals surface area contributed by atoms with E-state index in [1.807, 2.05) is 0 Å². The van der Waals surface area contributed by atoms with Gasteiger partial charge in [0.15, 0.2) is 0 Å². The Kier molecular flexibility index (Phi) is 3.80. The SMILES string of the molecule is CC(CN)c1ccccc1N1CCOCC1. The Morgan fingerprint density at radius 1 is 1.31 bits per heavy atom. The highest BCUT2D eigenvalue weighted by molar-refractivity contribution is 5.55. The van der Waals surface area contributed by atoms with Gasteiger partial charge >= 0.3 is 0 Å². The fourth-order valence-corrected chi connectivity index (χ4v) is 2.12. The molecule has 1 fully saturated rings. The Bertz CT molecular complexity index is 334. The maximum absolute atomic E-state index is 5.76. The van der Waals surface area contributed by atoms with E-state index in [0.717, 1.165) is 26.3 Å². The summed E-state index contributed by atoms with van der Waals surface area (Å²) in [5.74, 6) is 0.416. The van der Waals surface area contributed by atoms with Gasteiger partial charge in [-0.25, -0.2) is 0 Å². The van der Waals surface area contributed by atoms with E-state index >= 15 is 0 Å². The minimum Gasteiger partial charge on any atom is -0.378 e. The van der Waals surface area contributed by atoms with E-state index in [1.165, 1.54) is 11.3 Å². The van der Waals surface area contributed by atoms with Crippen LogP contribution in [0.15, 0.2) is 24.3 Å². The molecule has 1 heterocycles. The summed E-state index contributed by atoms with van der Waals surface area (Å²) >= 11 is 0. The Labute approximate surface area is 97.2 Å². The first-order valence-corrected chi connectivity index (χ1v) is 5.94. The van der Waals surface area contributed by atoms with Crippen molar-refractivity contribution < 1.29 is 4.74 Å². The highest BCUT2D eigenvalue weighted by Gasteiger charge is 2.16. The molecule has 16 heavy (non-hydrogen) atoms. The van der Waals surface area contributed by atoms with E-state index in [4.69, 9.17) is 10.5 Å². The number of hydrogen-bond acceptors (Lipinski definition) is 3. The van der Waals surface area contributed by atoms with Crippen LogP contribution in [0.5, 0.6) is 0 Å². The fraction of sp³-hybridized carbons (Fsp3) is 0.538. The van der Waals surface area contributed by atoms with Crippen molar-refractivity contribution in [1.82, 2.24) is 0 Å². The van der Waals surface area contributed by atoms with E-state index in [1.54, 1.807) is 0 Å². The molecule has 3 nitrogen and oxygen atoms in total. The molecule has 1 saturated heterocycles. The molecule has 0 bridgehead atoms. The molecule has 1 atom stereocenters. The molecule has 0 saturated carbocycles. The summed E-state index contributed by atoms with van der Waals surface area (Å²) in [4.78, 5) is 2.39. The molecule has 1 aromatic carbocycles. The van der Waals surface area contributed by atoms with Crippen LogP contribution in [0.3, 0.4) is 0 Å². The normalized spacial score (nSPS) is 18.5. The molecule has 1 aliphatic heterocycles. The first-order valence-electron chi connectivity index (χ1n) is 5.94. The molecule has 1 aromatic rings. The third-order valence-electron chi connectivity index (χ3n) is 3.17. The number of nitrogens with zero attached hydrogens (tertiary/aromatic N) is 1. The number of anilines is 1. The zero-order chi connectivity index (χ0) is 11.4. The molecule has 2 rings (SSSR count). The molecule has 1 aliphatic rings. The average molecular weight is 220 g/mol. The maximum Gasteiger partial charge on any atom is 0.0642 e. The molecule has 88 valence electrons. The number of nitrogens with two attached hydrogens (primary N) is 1. The summed E-state index contributed by atoms with van der Waals surface area (Å²) in [6.45, 7) is 6.49. The zero-order valence-corrected chi connectivity index (χ0v) is 9.86. The Morgan fingerprint density at radius 3 is 2.69 bits per heavy atom. The van der Waals surface area contributed by atoms with Gasteiger partial charge in [0.05, 0.1) is 13.2 Å². The number of benzene rings is 1. The quantitative estimate of drug-likeness (QED) is 0.840. The van der Waals surface area contributed by atoms with Gasteiger partial charge in [-0.1, -0.05) is 25.1 Å². The maximum atomic E-state index is 5.76. The third-order valence-corrected chi connectivity index (χ3v) is 3.17. The lowest BCUT2D eigenvalue weighted by atomic mass is 9.98. The fourth-order valence-electron chi connectivity index (χ4n) is 2.12. The van der Waals surface area contributed by atoms with Crippen LogP contribution < -0.4 is 10.6 Å². The van der Waals surface area contributed by atoms with Gasteiger partial charge < -0.3 is 15.4 Å². The highest BCUT2D eigenvalue weighted by Crippen LogP contribution is 2.27. The lowest BCUT2D eigenvalue weighted by molar-refractivity contribution is 0.122. The summed E-state index contributed by atoms with van der Waals surface area (Å²) in [6.07, 6.45) is 0. The molecule has 1 unspecified atom stereocenters. The third kappa shape index (κ3) is 2.36. The van der Waals surface area contributed by atoms with Crippen LogP contribution in [0.1, 0.15) is 18.4 Å². The van der Waals surface area contributed by atoms with Crippen LogP contribution in [-0.2, 0) is 4.74 Å². The molecule has 0 aliphatic carbocycles. The van der Waals surface area contributed by atoms with Crippen molar-refractivity contribution in [3.8, 4) is 0 Å². The second-order valence-corrected chi connectivity index (χ2v) is 4.29.